The molecule has 0 unspecified atom stereocenters. The highest BCUT2D eigenvalue weighted by Gasteiger charge is 2.38. The minimum Gasteiger partial charge on any atom is -0.476 e. The Kier molecular flexibility index (Phi) is 6.64. The average Bonchev–Trinajstić information content (AvgIpc) is 2.80. The first-order valence-electron chi connectivity index (χ1n) is 11.7. The van der Waals surface area contributed by atoms with E-state index in [9.17, 15) is 13.2 Å². The molecule has 7 heteroatoms. The van der Waals surface area contributed by atoms with Gasteiger partial charge in [0.1, 0.15) is 5.75 Å². The summed E-state index contributed by atoms with van der Waals surface area (Å²) in [5, 5.41) is 3.03. The number of aryl methyl sites for hydroxylation is 5. The molecule has 2 atom stereocenters. The number of fused-ring (bicyclic) bond motifs is 1. The van der Waals surface area contributed by atoms with Crippen LogP contribution < -0.4 is 14.4 Å². The van der Waals surface area contributed by atoms with Crippen LogP contribution in [0.3, 0.4) is 0 Å². The molecule has 1 aliphatic heterocycles. The van der Waals surface area contributed by atoms with Crippen LogP contribution in [0.4, 0.5) is 5.69 Å². The molecule has 1 aliphatic rings. The van der Waals surface area contributed by atoms with Crippen LogP contribution in [0.2, 0.25) is 0 Å². The Hall–Kier alpha value is -3.32. The van der Waals surface area contributed by atoms with Gasteiger partial charge in [0.2, 0.25) is 0 Å². The maximum absolute atomic E-state index is 13.6. The third-order valence-corrected chi connectivity index (χ3v) is 8.39. The van der Waals surface area contributed by atoms with E-state index < -0.39 is 16.1 Å². The predicted molar refractivity (Wildman–Crippen MR) is 139 cm³/mol. The number of hydrogen-bond donors (Lipinski definition) is 1. The van der Waals surface area contributed by atoms with Gasteiger partial charge in [0, 0.05) is 0 Å². The van der Waals surface area contributed by atoms with Gasteiger partial charge in [0.05, 0.1) is 23.2 Å². The minimum absolute atomic E-state index is 0.114. The molecule has 0 radical (unpaired) electrons. The fraction of sp³-hybridized carbons (Fsp3) is 0.321. The molecule has 3 aromatic carbocycles. The maximum Gasteiger partial charge on any atom is 0.264 e. The fourth-order valence-corrected chi connectivity index (χ4v) is 5.86. The topological polar surface area (TPSA) is 75.7 Å². The van der Waals surface area contributed by atoms with Crippen molar-refractivity contribution in [1.29, 1.82) is 0 Å². The SMILES string of the molecule is Cc1ccc(S(=O)(=O)N2C[C@@H](C(=O)N[C@@H](C)c3cc(C)c(C)cc3C)Oc3ccc(C)cc32)cc1. The van der Waals surface area contributed by atoms with Crippen molar-refractivity contribution in [3.8, 4) is 5.75 Å². The van der Waals surface area contributed by atoms with E-state index >= 15 is 0 Å². The Morgan fingerprint density at radius 2 is 1.54 bits per heavy atom. The van der Waals surface area contributed by atoms with Gasteiger partial charge < -0.3 is 10.1 Å². The van der Waals surface area contributed by atoms with Crippen LogP contribution in [-0.4, -0.2) is 27.0 Å². The van der Waals surface area contributed by atoms with E-state index in [1.165, 1.54) is 9.87 Å². The van der Waals surface area contributed by atoms with Crippen LogP contribution >= 0.6 is 0 Å². The van der Waals surface area contributed by atoms with Gasteiger partial charge in [0.25, 0.3) is 15.9 Å². The molecule has 184 valence electrons. The number of amides is 1. The van der Waals surface area contributed by atoms with Crippen molar-refractivity contribution in [2.45, 2.75) is 58.6 Å². The monoisotopic (exact) mass is 492 g/mol. The lowest BCUT2D eigenvalue weighted by molar-refractivity contribution is -0.128. The van der Waals surface area contributed by atoms with Gasteiger partial charge in [-0.1, -0.05) is 35.9 Å². The lowest BCUT2D eigenvalue weighted by Gasteiger charge is -2.35. The largest absolute Gasteiger partial charge is 0.476 e. The third-order valence-electron chi connectivity index (χ3n) is 6.59. The van der Waals surface area contributed by atoms with Gasteiger partial charge in [-0.3, -0.25) is 9.10 Å². The van der Waals surface area contributed by atoms with Crippen LogP contribution in [0.5, 0.6) is 5.75 Å². The molecule has 3 aromatic rings. The molecular formula is C28H32N2O4S. The summed E-state index contributed by atoms with van der Waals surface area (Å²) in [7, 11) is -3.90. The zero-order chi connectivity index (χ0) is 25.5. The van der Waals surface area contributed by atoms with E-state index in [0.29, 0.717) is 11.4 Å². The molecule has 0 fully saturated rings. The number of benzene rings is 3. The molecule has 1 amide bonds. The lowest BCUT2D eigenvalue weighted by atomic mass is 9.96. The summed E-state index contributed by atoms with van der Waals surface area (Å²) in [4.78, 5) is 13.5. The highest BCUT2D eigenvalue weighted by atomic mass is 32.2. The van der Waals surface area contributed by atoms with Crippen molar-refractivity contribution in [3.63, 3.8) is 0 Å². The maximum atomic E-state index is 13.6. The number of nitrogens with one attached hydrogen (secondary N) is 1. The van der Waals surface area contributed by atoms with Gasteiger partial charge >= 0.3 is 0 Å². The van der Waals surface area contributed by atoms with Crippen LogP contribution in [-0.2, 0) is 14.8 Å². The molecule has 0 aromatic heterocycles. The Labute approximate surface area is 208 Å². The second-order valence-electron chi connectivity index (χ2n) is 9.45. The summed E-state index contributed by atoms with van der Waals surface area (Å²) in [5.74, 6) is 0.0122. The summed E-state index contributed by atoms with van der Waals surface area (Å²) < 4.78 is 34.6. The molecule has 0 spiro atoms. The normalized spacial score (nSPS) is 16.3. The van der Waals surface area contributed by atoms with Crippen LogP contribution in [0, 0.1) is 34.6 Å². The quantitative estimate of drug-likeness (QED) is 0.540. The fourth-order valence-electron chi connectivity index (χ4n) is 4.40. The highest BCUT2D eigenvalue weighted by molar-refractivity contribution is 7.92. The molecule has 0 saturated heterocycles. The standard InChI is InChI=1S/C28H32N2O4S/c1-17-7-10-23(11-8-17)35(32,33)30-16-27(34-26-12-9-18(2)13-25(26)30)28(31)29-22(6)24-15-20(4)19(3)14-21(24)5/h7-15,22,27H,16H2,1-6H3,(H,29,31)/t22-,27-/m0/s1. The number of sulfonamides is 1. The number of anilines is 1. The van der Waals surface area contributed by atoms with Crippen molar-refractivity contribution < 1.29 is 17.9 Å². The van der Waals surface area contributed by atoms with Gasteiger partial charge in [-0.15, -0.1) is 0 Å². The smallest absolute Gasteiger partial charge is 0.264 e. The molecule has 6 nitrogen and oxygen atoms in total. The molecule has 4 rings (SSSR count). The number of ether oxygens (including phenoxy) is 1. The molecule has 1 N–H and O–H groups in total. The third kappa shape index (κ3) is 4.91. The molecular weight excluding hydrogens is 460 g/mol. The molecule has 35 heavy (non-hydrogen) atoms. The number of carbonyl (C=O) groups excluding carboxylic acids is 1. The van der Waals surface area contributed by atoms with E-state index in [1.54, 1.807) is 36.4 Å². The first-order chi connectivity index (χ1) is 16.5. The van der Waals surface area contributed by atoms with Crippen LogP contribution in [0.15, 0.2) is 59.5 Å². The van der Waals surface area contributed by atoms with Gasteiger partial charge in [-0.05, 0) is 93.6 Å². The second kappa shape index (κ2) is 9.38. The van der Waals surface area contributed by atoms with Gasteiger partial charge in [0.15, 0.2) is 6.10 Å². The summed E-state index contributed by atoms with van der Waals surface area (Å²) in [6.45, 7) is 11.7. The Bertz CT molecular complexity index is 1380. The lowest BCUT2D eigenvalue weighted by Crippen LogP contribution is -2.51. The summed E-state index contributed by atoms with van der Waals surface area (Å²) in [6.07, 6.45) is -0.986. The summed E-state index contributed by atoms with van der Waals surface area (Å²) in [5.41, 5.74) is 6.78. The first kappa shape index (κ1) is 24.8. The Balaban J connectivity index is 1.65. The van der Waals surface area contributed by atoms with Crippen molar-refractivity contribution in [2.75, 3.05) is 10.8 Å². The number of hydrogen-bond acceptors (Lipinski definition) is 4. The van der Waals surface area contributed by atoms with E-state index in [1.807, 2.05) is 40.7 Å². The zero-order valence-corrected chi connectivity index (χ0v) is 21.9. The van der Waals surface area contributed by atoms with Crippen molar-refractivity contribution in [2.24, 2.45) is 0 Å². The number of nitrogens with zero attached hydrogens (tertiary/aromatic N) is 1. The average molecular weight is 493 g/mol. The number of rotatable bonds is 5. The van der Waals surface area contributed by atoms with Crippen molar-refractivity contribution in [1.82, 2.24) is 5.32 Å². The van der Waals surface area contributed by atoms with E-state index in [4.69, 9.17) is 4.74 Å². The first-order valence-corrected chi connectivity index (χ1v) is 13.2. The molecule has 1 heterocycles. The van der Waals surface area contributed by atoms with E-state index in [-0.39, 0.29) is 23.4 Å². The zero-order valence-electron chi connectivity index (χ0n) is 21.0. The molecule has 0 saturated carbocycles. The van der Waals surface area contributed by atoms with E-state index in [0.717, 1.165) is 27.8 Å². The van der Waals surface area contributed by atoms with Crippen molar-refractivity contribution >= 4 is 21.6 Å². The summed E-state index contributed by atoms with van der Waals surface area (Å²) >= 11 is 0. The predicted octanol–water partition coefficient (Wildman–Crippen LogP) is 5.06. The highest BCUT2D eigenvalue weighted by Crippen LogP contribution is 2.38. The second-order valence-corrected chi connectivity index (χ2v) is 11.3. The van der Waals surface area contributed by atoms with E-state index in [2.05, 4.69) is 24.4 Å². The molecule has 0 aliphatic carbocycles. The van der Waals surface area contributed by atoms with Crippen LogP contribution in [0.25, 0.3) is 0 Å². The van der Waals surface area contributed by atoms with Gasteiger partial charge in [-0.2, -0.15) is 0 Å². The van der Waals surface area contributed by atoms with Gasteiger partial charge in [-0.25, -0.2) is 8.42 Å². The summed E-state index contributed by atoms with van der Waals surface area (Å²) in [6, 6.07) is 16.0. The Morgan fingerprint density at radius 3 is 2.23 bits per heavy atom. The number of carbonyl (C=O) groups is 1. The molecule has 0 bridgehead atoms. The van der Waals surface area contributed by atoms with Crippen LogP contribution in [0.1, 0.15) is 46.3 Å². The minimum atomic E-state index is -3.90. The Morgan fingerprint density at radius 1 is 0.914 bits per heavy atom. The van der Waals surface area contributed by atoms with Crippen molar-refractivity contribution in [3.05, 3.63) is 88.0 Å².